The van der Waals surface area contributed by atoms with E-state index in [1.165, 1.54) is 12.1 Å². The summed E-state index contributed by atoms with van der Waals surface area (Å²) in [4.78, 5) is 26.3. The fraction of sp³-hybridized carbons (Fsp3) is 0.364. The lowest BCUT2D eigenvalue weighted by Crippen LogP contribution is -2.39. The molecule has 30 heavy (non-hydrogen) atoms. The second-order valence-corrected chi connectivity index (χ2v) is 7.34. The van der Waals surface area contributed by atoms with Crippen LogP contribution in [0.5, 0.6) is 0 Å². The largest absolute Gasteiger partial charge is 0.405 e. The Morgan fingerprint density at radius 2 is 1.60 bits per heavy atom. The Kier molecular flexibility index (Phi) is 7.61. The van der Waals surface area contributed by atoms with Crippen LogP contribution >= 0.6 is 0 Å². The topological polar surface area (TPSA) is 61.4 Å². The van der Waals surface area contributed by atoms with Crippen LogP contribution in [-0.4, -0.2) is 42.5 Å². The second kappa shape index (κ2) is 9.75. The van der Waals surface area contributed by atoms with Gasteiger partial charge in [-0.25, -0.2) is 0 Å². The normalized spacial score (nSPS) is 12.5. The second-order valence-electron chi connectivity index (χ2n) is 7.34. The Morgan fingerprint density at radius 3 is 2.13 bits per heavy atom. The lowest BCUT2D eigenvalue weighted by Gasteiger charge is -2.25. The van der Waals surface area contributed by atoms with E-state index < -0.39 is 24.7 Å². The molecule has 0 bridgehead atoms. The Hall–Kier alpha value is -2.87. The number of hydrogen-bond donors (Lipinski definition) is 2. The quantitative estimate of drug-likeness (QED) is 0.709. The minimum Gasteiger partial charge on any atom is -0.343 e. The number of rotatable bonds is 7. The van der Waals surface area contributed by atoms with Crippen molar-refractivity contribution < 1.29 is 22.8 Å². The van der Waals surface area contributed by atoms with Crippen molar-refractivity contribution in [3.8, 4) is 0 Å². The number of carbonyl (C=O) groups is 2. The number of nitrogens with one attached hydrogen (secondary N) is 2. The van der Waals surface area contributed by atoms with Gasteiger partial charge in [-0.05, 0) is 56.6 Å². The summed E-state index contributed by atoms with van der Waals surface area (Å²) < 4.78 is 36.6. The Balaban J connectivity index is 1.95. The first-order valence-electron chi connectivity index (χ1n) is 9.49. The first kappa shape index (κ1) is 23.4. The summed E-state index contributed by atoms with van der Waals surface area (Å²) >= 11 is 0. The van der Waals surface area contributed by atoms with Crippen molar-refractivity contribution >= 4 is 17.5 Å². The van der Waals surface area contributed by atoms with Gasteiger partial charge in [0.05, 0.1) is 6.04 Å². The first-order valence-corrected chi connectivity index (χ1v) is 9.49. The van der Waals surface area contributed by atoms with Crippen molar-refractivity contribution in [2.45, 2.75) is 39.5 Å². The number of halogens is 3. The van der Waals surface area contributed by atoms with Crippen molar-refractivity contribution in [1.29, 1.82) is 0 Å². The molecule has 0 aromatic heterocycles. The van der Waals surface area contributed by atoms with Crippen LogP contribution in [0.15, 0.2) is 42.5 Å². The summed E-state index contributed by atoms with van der Waals surface area (Å²) in [7, 11) is 1.80. The molecule has 0 aliphatic rings. The Bertz CT molecular complexity index is 875. The highest BCUT2D eigenvalue weighted by atomic mass is 19.4. The number of aryl methyl sites for hydroxylation is 2. The van der Waals surface area contributed by atoms with Crippen LogP contribution in [-0.2, 0) is 11.3 Å². The zero-order valence-corrected chi connectivity index (χ0v) is 17.4. The number of nitrogens with zero attached hydrogens (tertiary/aromatic N) is 1. The highest BCUT2D eigenvalue weighted by Gasteiger charge is 2.28. The maximum Gasteiger partial charge on any atom is 0.405 e. The van der Waals surface area contributed by atoms with Crippen molar-refractivity contribution in [3.63, 3.8) is 0 Å². The van der Waals surface area contributed by atoms with Gasteiger partial charge in [0.2, 0.25) is 5.91 Å². The van der Waals surface area contributed by atoms with Crippen LogP contribution in [0.25, 0.3) is 0 Å². The Morgan fingerprint density at radius 1 is 1.03 bits per heavy atom. The molecular formula is C22H26F3N3O2. The van der Waals surface area contributed by atoms with Crippen LogP contribution in [0.1, 0.15) is 34.0 Å². The number of carbonyl (C=O) groups excluding carboxylic acids is 2. The zero-order chi connectivity index (χ0) is 22.5. The maximum atomic E-state index is 12.6. The third kappa shape index (κ3) is 6.59. The molecule has 2 aromatic rings. The molecule has 2 amide bonds. The third-order valence-corrected chi connectivity index (χ3v) is 4.87. The molecule has 0 aliphatic carbocycles. The van der Waals surface area contributed by atoms with E-state index in [1.807, 2.05) is 42.3 Å². The van der Waals surface area contributed by atoms with E-state index in [4.69, 9.17) is 0 Å². The highest BCUT2D eigenvalue weighted by molar-refractivity contribution is 5.96. The number of amides is 2. The van der Waals surface area contributed by atoms with E-state index in [9.17, 15) is 22.8 Å². The molecule has 162 valence electrons. The first-order chi connectivity index (χ1) is 14.0. The van der Waals surface area contributed by atoms with E-state index in [0.29, 0.717) is 6.54 Å². The van der Waals surface area contributed by atoms with Gasteiger partial charge >= 0.3 is 6.18 Å². The van der Waals surface area contributed by atoms with E-state index in [-0.39, 0.29) is 11.5 Å². The average molecular weight is 421 g/mol. The summed E-state index contributed by atoms with van der Waals surface area (Å²) in [5.41, 5.74) is 3.75. The lowest BCUT2D eigenvalue weighted by molar-refractivity contribution is -0.123. The smallest absolute Gasteiger partial charge is 0.343 e. The van der Waals surface area contributed by atoms with Crippen molar-refractivity contribution in [2.75, 3.05) is 18.9 Å². The number of hydrogen-bond acceptors (Lipinski definition) is 3. The summed E-state index contributed by atoms with van der Waals surface area (Å²) in [6.07, 6.45) is -4.45. The van der Waals surface area contributed by atoms with Gasteiger partial charge in [0.1, 0.15) is 6.54 Å². The number of anilines is 1. The third-order valence-electron chi connectivity index (χ3n) is 4.87. The van der Waals surface area contributed by atoms with Gasteiger partial charge in [-0.2, -0.15) is 13.2 Å². The molecule has 0 fully saturated rings. The molecule has 8 heteroatoms. The van der Waals surface area contributed by atoms with E-state index in [0.717, 1.165) is 22.4 Å². The molecule has 5 nitrogen and oxygen atoms in total. The van der Waals surface area contributed by atoms with Crippen molar-refractivity contribution in [1.82, 2.24) is 10.2 Å². The van der Waals surface area contributed by atoms with E-state index in [2.05, 4.69) is 5.32 Å². The van der Waals surface area contributed by atoms with Gasteiger partial charge in [0, 0.05) is 17.8 Å². The number of alkyl halides is 3. The summed E-state index contributed by atoms with van der Waals surface area (Å²) in [6.45, 7) is 4.73. The minimum atomic E-state index is -4.45. The Labute approximate surface area is 174 Å². The zero-order valence-electron chi connectivity index (χ0n) is 17.4. The maximum absolute atomic E-state index is 12.6. The summed E-state index contributed by atoms with van der Waals surface area (Å²) in [5, 5.41) is 4.81. The number of benzene rings is 2. The van der Waals surface area contributed by atoms with Crippen molar-refractivity contribution in [2.24, 2.45) is 0 Å². The molecule has 0 saturated heterocycles. The fourth-order valence-corrected chi connectivity index (χ4v) is 2.91. The molecule has 2 aromatic carbocycles. The van der Waals surface area contributed by atoms with Gasteiger partial charge in [0.15, 0.2) is 0 Å². The van der Waals surface area contributed by atoms with Crippen LogP contribution in [0, 0.1) is 13.8 Å². The molecule has 0 unspecified atom stereocenters. The predicted molar refractivity (Wildman–Crippen MR) is 110 cm³/mol. The summed E-state index contributed by atoms with van der Waals surface area (Å²) in [5.74, 6) is -0.924. The van der Waals surface area contributed by atoms with Gasteiger partial charge in [-0.15, -0.1) is 0 Å². The monoisotopic (exact) mass is 421 g/mol. The molecule has 0 spiro atoms. The number of likely N-dealkylation sites (N-methyl/N-ethyl adjacent to an activating group) is 1. The molecule has 2 rings (SSSR count). The van der Waals surface area contributed by atoms with Gasteiger partial charge in [-0.3, -0.25) is 14.5 Å². The molecule has 0 saturated carbocycles. The van der Waals surface area contributed by atoms with Crippen LogP contribution in [0.4, 0.5) is 18.9 Å². The van der Waals surface area contributed by atoms with Gasteiger partial charge < -0.3 is 10.6 Å². The van der Waals surface area contributed by atoms with Gasteiger partial charge in [0.25, 0.3) is 5.91 Å². The van der Waals surface area contributed by atoms with Crippen LogP contribution in [0.3, 0.4) is 0 Å². The van der Waals surface area contributed by atoms with Crippen LogP contribution in [0.2, 0.25) is 0 Å². The van der Waals surface area contributed by atoms with Crippen LogP contribution < -0.4 is 10.6 Å². The fourth-order valence-electron chi connectivity index (χ4n) is 2.91. The highest BCUT2D eigenvalue weighted by Crippen LogP contribution is 2.20. The standard InChI is InChI=1S/C22H26F3N3O2/c1-14-6-5-7-15(2)19(14)27-20(29)16(3)28(4)12-17-8-10-18(11-9-17)21(30)26-13-22(23,24)25/h5-11,16H,12-13H2,1-4H3,(H,26,30)(H,27,29)/t16-/m0/s1. The molecular weight excluding hydrogens is 395 g/mol. The SMILES string of the molecule is Cc1cccc(C)c1NC(=O)[C@H](C)N(C)Cc1ccc(C(=O)NCC(F)(F)F)cc1. The molecule has 1 atom stereocenters. The summed E-state index contributed by atoms with van der Waals surface area (Å²) in [6, 6.07) is 11.6. The predicted octanol–water partition coefficient (Wildman–Crippen LogP) is 4.05. The number of para-hydroxylation sites is 1. The molecule has 2 N–H and O–H groups in total. The molecule has 0 aliphatic heterocycles. The molecule has 0 heterocycles. The molecule has 0 radical (unpaired) electrons. The van der Waals surface area contributed by atoms with E-state index in [1.54, 1.807) is 26.1 Å². The minimum absolute atomic E-state index is 0.141. The lowest BCUT2D eigenvalue weighted by atomic mass is 10.1. The van der Waals surface area contributed by atoms with Crippen molar-refractivity contribution in [3.05, 3.63) is 64.7 Å². The van der Waals surface area contributed by atoms with Gasteiger partial charge in [-0.1, -0.05) is 30.3 Å². The van der Waals surface area contributed by atoms with E-state index >= 15 is 0 Å². The average Bonchev–Trinajstić information content (AvgIpc) is 2.68.